The molecule has 126 valence electrons. The molecule has 0 amide bonds. The Labute approximate surface area is 142 Å². The number of carbonyl (C=O) groups excluding carboxylic acids is 1. The van der Waals surface area contributed by atoms with Gasteiger partial charge < -0.3 is 14.2 Å². The molecule has 2 rings (SSSR count). The van der Waals surface area contributed by atoms with Crippen molar-refractivity contribution in [3.63, 3.8) is 0 Å². The van der Waals surface area contributed by atoms with Crippen molar-refractivity contribution >= 4 is 11.9 Å². The van der Waals surface area contributed by atoms with Crippen LogP contribution in [0.25, 0.3) is 6.08 Å². The summed E-state index contributed by atoms with van der Waals surface area (Å²) >= 11 is 0. The van der Waals surface area contributed by atoms with E-state index < -0.39 is 0 Å². The van der Waals surface area contributed by atoms with Gasteiger partial charge >= 0.3 is 0 Å². The molecule has 0 heterocycles. The Morgan fingerprint density at radius 2 is 1.54 bits per heavy atom. The SMILES string of the molecule is CCOc1ccc(C=CC(=O)c2ccc(OCCOC)cc2)cc1. The second kappa shape index (κ2) is 9.53. The van der Waals surface area contributed by atoms with E-state index in [9.17, 15) is 4.79 Å². The first-order valence-corrected chi connectivity index (χ1v) is 7.90. The first-order valence-electron chi connectivity index (χ1n) is 7.90. The number of hydrogen-bond acceptors (Lipinski definition) is 4. The van der Waals surface area contributed by atoms with Gasteiger partial charge in [0, 0.05) is 12.7 Å². The molecule has 0 radical (unpaired) electrons. The molecule has 4 nitrogen and oxygen atoms in total. The maximum Gasteiger partial charge on any atom is 0.185 e. The molecule has 0 N–H and O–H groups in total. The fourth-order valence-corrected chi connectivity index (χ4v) is 2.07. The van der Waals surface area contributed by atoms with Crippen LogP contribution in [-0.4, -0.2) is 32.7 Å². The standard InChI is InChI=1S/C20H22O4/c1-3-23-18-9-4-16(5-10-18)6-13-20(21)17-7-11-19(12-8-17)24-15-14-22-2/h4-13H,3,14-15H2,1-2H3. The maximum absolute atomic E-state index is 12.2. The number of rotatable bonds is 9. The summed E-state index contributed by atoms with van der Waals surface area (Å²) in [6.07, 6.45) is 3.36. The van der Waals surface area contributed by atoms with Crippen LogP contribution in [-0.2, 0) is 4.74 Å². The highest BCUT2D eigenvalue weighted by Crippen LogP contribution is 2.15. The highest BCUT2D eigenvalue weighted by Gasteiger charge is 2.02. The lowest BCUT2D eigenvalue weighted by Crippen LogP contribution is -2.04. The van der Waals surface area contributed by atoms with Crippen LogP contribution in [0.5, 0.6) is 11.5 Å². The van der Waals surface area contributed by atoms with E-state index >= 15 is 0 Å². The first kappa shape index (κ1) is 17.8. The smallest absolute Gasteiger partial charge is 0.185 e. The van der Waals surface area contributed by atoms with Gasteiger partial charge in [-0.25, -0.2) is 0 Å². The fourth-order valence-electron chi connectivity index (χ4n) is 2.07. The molecule has 0 bridgehead atoms. The first-order chi connectivity index (χ1) is 11.7. The minimum atomic E-state index is -0.0488. The number of methoxy groups -OCH3 is 1. The van der Waals surface area contributed by atoms with Crippen molar-refractivity contribution in [2.75, 3.05) is 26.9 Å². The Morgan fingerprint density at radius 3 is 2.17 bits per heavy atom. The molecule has 0 saturated heterocycles. The monoisotopic (exact) mass is 326 g/mol. The molecule has 0 unspecified atom stereocenters. The predicted octanol–water partition coefficient (Wildman–Crippen LogP) is 4.01. The number of carbonyl (C=O) groups is 1. The molecule has 2 aromatic rings. The molecule has 0 aromatic heterocycles. The van der Waals surface area contributed by atoms with Gasteiger partial charge in [-0.15, -0.1) is 0 Å². The normalized spacial score (nSPS) is 10.8. The van der Waals surface area contributed by atoms with Gasteiger partial charge in [0.2, 0.25) is 0 Å². The lowest BCUT2D eigenvalue weighted by atomic mass is 10.1. The van der Waals surface area contributed by atoms with Crippen LogP contribution in [0.3, 0.4) is 0 Å². The molecule has 0 fully saturated rings. The van der Waals surface area contributed by atoms with Crippen LogP contribution in [0.2, 0.25) is 0 Å². The predicted molar refractivity (Wildman–Crippen MR) is 94.8 cm³/mol. The Balaban J connectivity index is 1.93. The Hall–Kier alpha value is -2.59. The summed E-state index contributed by atoms with van der Waals surface area (Å²) in [5, 5.41) is 0. The molecular formula is C20H22O4. The molecular weight excluding hydrogens is 304 g/mol. The second-order valence-corrected chi connectivity index (χ2v) is 5.07. The number of hydrogen-bond donors (Lipinski definition) is 0. The van der Waals surface area contributed by atoms with Gasteiger partial charge in [-0.1, -0.05) is 18.2 Å². The van der Waals surface area contributed by atoms with Gasteiger partial charge in [0.1, 0.15) is 18.1 Å². The Morgan fingerprint density at radius 1 is 0.917 bits per heavy atom. The van der Waals surface area contributed by atoms with E-state index in [0.29, 0.717) is 25.4 Å². The quantitative estimate of drug-likeness (QED) is 0.397. The highest BCUT2D eigenvalue weighted by atomic mass is 16.5. The highest BCUT2D eigenvalue weighted by molar-refractivity contribution is 6.06. The van der Waals surface area contributed by atoms with Crippen LogP contribution < -0.4 is 9.47 Å². The van der Waals surface area contributed by atoms with E-state index in [2.05, 4.69) is 0 Å². The second-order valence-electron chi connectivity index (χ2n) is 5.07. The molecule has 0 aliphatic carbocycles. The van der Waals surface area contributed by atoms with Crippen LogP contribution in [0, 0.1) is 0 Å². The van der Waals surface area contributed by atoms with Crippen molar-refractivity contribution in [1.82, 2.24) is 0 Å². The van der Waals surface area contributed by atoms with E-state index in [-0.39, 0.29) is 5.78 Å². The Kier molecular flexibility index (Phi) is 7.05. The summed E-state index contributed by atoms with van der Waals surface area (Å²) in [5.74, 6) is 1.50. The number of ether oxygens (including phenoxy) is 3. The molecule has 4 heteroatoms. The summed E-state index contributed by atoms with van der Waals surface area (Å²) in [7, 11) is 1.63. The molecule has 0 atom stereocenters. The van der Waals surface area contributed by atoms with Gasteiger partial charge in [0.25, 0.3) is 0 Å². The van der Waals surface area contributed by atoms with E-state index in [1.165, 1.54) is 0 Å². The molecule has 24 heavy (non-hydrogen) atoms. The van der Waals surface area contributed by atoms with Crippen molar-refractivity contribution in [2.24, 2.45) is 0 Å². The van der Waals surface area contributed by atoms with Gasteiger partial charge in [0.05, 0.1) is 13.2 Å². The largest absolute Gasteiger partial charge is 0.494 e. The lowest BCUT2D eigenvalue weighted by Gasteiger charge is -2.05. The van der Waals surface area contributed by atoms with Crippen LogP contribution in [0.1, 0.15) is 22.8 Å². The third kappa shape index (κ3) is 5.56. The fraction of sp³-hybridized carbons (Fsp3) is 0.250. The van der Waals surface area contributed by atoms with Crippen LogP contribution in [0.15, 0.2) is 54.6 Å². The van der Waals surface area contributed by atoms with Crippen molar-refractivity contribution in [1.29, 1.82) is 0 Å². The summed E-state index contributed by atoms with van der Waals surface area (Å²) in [4.78, 5) is 12.2. The number of allylic oxidation sites excluding steroid dienone is 1. The van der Waals surface area contributed by atoms with Gasteiger partial charge in [-0.2, -0.15) is 0 Å². The lowest BCUT2D eigenvalue weighted by molar-refractivity contribution is 0.104. The zero-order chi connectivity index (χ0) is 17.2. The van der Waals surface area contributed by atoms with E-state index in [1.54, 1.807) is 43.5 Å². The summed E-state index contributed by atoms with van der Waals surface area (Å²) in [5.41, 5.74) is 1.57. The zero-order valence-corrected chi connectivity index (χ0v) is 14.0. The minimum absolute atomic E-state index is 0.0488. The number of benzene rings is 2. The average Bonchev–Trinajstić information content (AvgIpc) is 2.62. The van der Waals surface area contributed by atoms with Crippen molar-refractivity contribution in [2.45, 2.75) is 6.92 Å². The van der Waals surface area contributed by atoms with Gasteiger partial charge in [0.15, 0.2) is 5.78 Å². The molecule has 0 aliphatic heterocycles. The van der Waals surface area contributed by atoms with Crippen LogP contribution >= 0.6 is 0 Å². The topological polar surface area (TPSA) is 44.8 Å². The van der Waals surface area contributed by atoms with Crippen molar-refractivity contribution in [3.8, 4) is 11.5 Å². The van der Waals surface area contributed by atoms with E-state index in [1.807, 2.05) is 31.2 Å². The molecule has 0 saturated carbocycles. The summed E-state index contributed by atoms with van der Waals surface area (Å²) < 4.78 is 15.8. The summed E-state index contributed by atoms with van der Waals surface area (Å²) in [6, 6.07) is 14.7. The van der Waals surface area contributed by atoms with Crippen LogP contribution in [0.4, 0.5) is 0 Å². The molecule has 2 aromatic carbocycles. The third-order valence-corrected chi connectivity index (χ3v) is 3.31. The van der Waals surface area contributed by atoms with E-state index in [4.69, 9.17) is 14.2 Å². The third-order valence-electron chi connectivity index (χ3n) is 3.31. The maximum atomic E-state index is 12.2. The molecule has 0 spiro atoms. The Bertz CT molecular complexity index is 657. The average molecular weight is 326 g/mol. The molecule has 0 aliphatic rings. The van der Waals surface area contributed by atoms with E-state index in [0.717, 1.165) is 17.1 Å². The zero-order valence-electron chi connectivity index (χ0n) is 14.0. The van der Waals surface area contributed by atoms with Crippen molar-refractivity contribution in [3.05, 3.63) is 65.7 Å². The number of ketones is 1. The summed E-state index contributed by atoms with van der Waals surface area (Å²) in [6.45, 7) is 3.60. The minimum Gasteiger partial charge on any atom is -0.494 e. The van der Waals surface area contributed by atoms with Crippen molar-refractivity contribution < 1.29 is 19.0 Å². The van der Waals surface area contributed by atoms with Gasteiger partial charge in [-0.05, 0) is 55.0 Å². The van der Waals surface area contributed by atoms with Gasteiger partial charge in [-0.3, -0.25) is 4.79 Å².